The molecule has 0 aliphatic carbocycles. The largest absolute Gasteiger partial charge is 0.306 e. The molecular weight excluding hydrogens is 817 g/mol. The fourth-order valence-electron chi connectivity index (χ4n) is 11.4. The second kappa shape index (κ2) is 13.7. The van der Waals surface area contributed by atoms with E-state index in [1.165, 1.54) is 54.0 Å². The van der Waals surface area contributed by atoms with Crippen LogP contribution in [0.1, 0.15) is 0 Å². The number of aromatic nitrogens is 6. The van der Waals surface area contributed by atoms with Gasteiger partial charge in [0.1, 0.15) is 0 Å². The highest BCUT2D eigenvalue weighted by Gasteiger charge is 2.27. The van der Waals surface area contributed by atoms with Gasteiger partial charge in [-0.2, -0.15) is 15.0 Å². The summed E-state index contributed by atoms with van der Waals surface area (Å²) in [5, 5.41) is 16.8. The van der Waals surface area contributed by atoms with Crippen molar-refractivity contribution < 1.29 is 0 Å². The summed E-state index contributed by atoms with van der Waals surface area (Å²) in [6.07, 6.45) is 0. The zero-order valence-electron chi connectivity index (χ0n) is 36.0. The van der Waals surface area contributed by atoms with Gasteiger partial charge in [0.05, 0.1) is 33.1 Å². The number of benzene rings is 11. The molecule has 0 fully saturated rings. The van der Waals surface area contributed by atoms with Crippen LogP contribution in [0.15, 0.2) is 218 Å². The molecule has 0 spiro atoms. The minimum Gasteiger partial charge on any atom is -0.306 e. The third-order valence-corrected chi connectivity index (χ3v) is 14.0. The second-order valence-corrected chi connectivity index (χ2v) is 17.5. The Morgan fingerprint density at radius 2 is 0.642 bits per heavy atom. The summed E-state index contributed by atoms with van der Waals surface area (Å²) in [5.41, 5.74) is 8.36. The van der Waals surface area contributed by atoms with Gasteiger partial charge in [-0.15, -0.1) is 0 Å². The first-order chi connectivity index (χ1) is 33.3. The molecule has 0 aliphatic heterocycles. The molecule has 15 aromatic rings. The van der Waals surface area contributed by atoms with Gasteiger partial charge in [-0.25, -0.2) is 0 Å². The molecular formula is C61H36N6. The van der Waals surface area contributed by atoms with Crippen molar-refractivity contribution in [3.63, 3.8) is 0 Å². The maximum absolute atomic E-state index is 5.58. The maximum atomic E-state index is 5.58. The van der Waals surface area contributed by atoms with E-state index in [0.29, 0.717) is 17.7 Å². The summed E-state index contributed by atoms with van der Waals surface area (Å²) in [7, 11) is 0. The summed E-state index contributed by atoms with van der Waals surface area (Å²) < 4.78 is 7.03. The van der Waals surface area contributed by atoms with Crippen LogP contribution in [-0.4, -0.2) is 28.7 Å². The number of hydrogen-bond acceptors (Lipinski definition) is 3. The van der Waals surface area contributed by atoms with Crippen LogP contribution < -0.4 is 0 Å². The number of para-hydroxylation sites is 4. The van der Waals surface area contributed by atoms with E-state index in [1.807, 2.05) is 18.2 Å². The molecule has 0 amide bonds. The van der Waals surface area contributed by atoms with Gasteiger partial charge < -0.3 is 4.57 Å². The van der Waals surface area contributed by atoms with E-state index < -0.39 is 0 Å². The topological polar surface area (TPSA) is 53.5 Å². The van der Waals surface area contributed by atoms with Crippen LogP contribution in [0.5, 0.6) is 0 Å². The van der Waals surface area contributed by atoms with E-state index in [1.54, 1.807) is 0 Å². The van der Waals surface area contributed by atoms with Gasteiger partial charge in [0, 0.05) is 54.3 Å². The second-order valence-electron chi connectivity index (χ2n) is 17.5. The molecule has 4 aromatic heterocycles. The average molecular weight is 853 g/mol. The van der Waals surface area contributed by atoms with Gasteiger partial charge >= 0.3 is 0 Å². The van der Waals surface area contributed by atoms with E-state index in [4.69, 9.17) is 15.0 Å². The predicted octanol–water partition coefficient (Wildman–Crippen LogP) is 15.4. The van der Waals surface area contributed by atoms with Crippen molar-refractivity contribution in [3.8, 4) is 29.0 Å². The lowest BCUT2D eigenvalue weighted by molar-refractivity contribution is 0.893. The van der Waals surface area contributed by atoms with E-state index in [-0.39, 0.29) is 0 Å². The highest BCUT2D eigenvalue weighted by atomic mass is 15.3. The van der Waals surface area contributed by atoms with E-state index in [9.17, 15) is 0 Å². The first-order valence-corrected chi connectivity index (χ1v) is 22.8. The van der Waals surface area contributed by atoms with E-state index in [0.717, 1.165) is 65.8 Å². The molecule has 0 saturated heterocycles. The maximum Gasteiger partial charge on any atom is 0.240 e. The molecule has 6 heteroatoms. The van der Waals surface area contributed by atoms with Gasteiger partial charge in [-0.3, -0.25) is 9.13 Å². The zero-order valence-corrected chi connectivity index (χ0v) is 36.0. The average Bonchev–Trinajstić information content (AvgIpc) is 4.05. The SMILES string of the molecule is c1ccc(-c2nc(-n3c4ccccc4c4ccccc43)nc(-n3c4ccccc4c4ccc5c6c7ccccc7c7c8ccccc8c8ccccc8c7c6n(-c6ccccc6)c5c43)n2)cc1. The smallest absolute Gasteiger partial charge is 0.240 e. The van der Waals surface area contributed by atoms with Crippen molar-refractivity contribution in [1.29, 1.82) is 0 Å². The van der Waals surface area contributed by atoms with Crippen molar-refractivity contribution in [2.75, 3.05) is 0 Å². The van der Waals surface area contributed by atoms with Crippen LogP contribution in [0, 0.1) is 0 Å². The Morgan fingerprint density at radius 1 is 0.239 bits per heavy atom. The van der Waals surface area contributed by atoms with Gasteiger partial charge in [0.25, 0.3) is 0 Å². The Kier molecular flexibility index (Phi) is 7.40. The molecule has 0 radical (unpaired) electrons. The molecule has 0 bridgehead atoms. The molecule has 0 atom stereocenters. The number of rotatable bonds is 4. The third kappa shape index (κ3) is 4.96. The lowest BCUT2D eigenvalue weighted by Crippen LogP contribution is -2.10. The fraction of sp³-hybridized carbons (Fsp3) is 0. The van der Waals surface area contributed by atoms with Crippen molar-refractivity contribution in [2.24, 2.45) is 0 Å². The van der Waals surface area contributed by atoms with Crippen molar-refractivity contribution in [1.82, 2.24) is 28.7 Å². The predicted molar refractivity (Wildman–Crippen MR) is 278 cm³/mol. The Bertz CT molecular complexity index is 4510. The molecule has 0 saturated carbocycles. The van der Waals surface area contributed by atoms with Crippen LogP contribution in [0.4, 0.5) is 0 Å². The Balaban J connectivity index is 1.19. The van der Waals surface area contributed by atoms with Crippen LogP contribution in [0.3, 0.4) is 0 Å². The van der Waals surface area contributed by atoms with E-state index in [2.05, 4.69) is 214 Å². The van der Waals surface area contributed by atoms with Crippen molar-refractivity contribution >= 4 is 109 Å². The summed E-state index contributed by atoms with van der Waals surface area (Å²) in [6.45, 7) is 0. The van der Waals surface area contributed by atoms with Crippen LogP contribution in [-0.2, 0) is 0 Å². The molecule has 15 rings (SSSR count). The fourth-order valence-corrected chi connectivity index (χ4v) is 11.4. The Hall–Kier alpha value is -9.13. The molecule has 310 valence electrons. The summed E-state index contributed by atoms with van der Waals surface area (Å²) in [6, 6.07) is 78.4. The first-order valence-electron chi connectivity index (χ1n) is 22.8. The van der Waals surface area contributed by atoms with Crippen LogP contribution >= 0.6 is 0 Å². The summed E-state index contributed by atoms with van der Waals surface area (Å²) >= 11 is 0. The standard InChI is InChI=1S/C61H36N6/c1-3-19-37(20-4-1)59-62-60(66-50-32-16-13-25-41(50)42-26-14-17-33-51(42)66)64-61(63-59)67-52-34-18-15-27-43(52)48-35-36-49-54-47-31-12-11-30-46(47)53-44-28-9-7-23-39(44)40-24-8-10-29-45(40)55(53)58(54)65(57(49)56(48)67)38-21-5-2-6-22-38/h1-36H. The van der Waals surface area contributed by atoms with Gasteiger partial charge in [0.15, 0.2) is 5.82 Å². The van der Waals surface area contributed by atoms with Crippen molar-refractivity contribution in [3.05, 3.63) is 218 Å². The number of hydrogen-bond donors (Lipinski definition) is 0. The van der Waals surface area contributed by atoms with Gasteiger partial charge in [-0.05, 0) is 62.6 Å². The lowest BCUT2D eigenvalue weighted by Gasteiger charge is -2.17. The van der Waals surface area contributed by atoms with E-state index >= 15 is 0 Å². The highest BCUT2D eigenvalue weighted by Crippen LogP contribution is 2.50. The molecule has 0 N–H and O–H groups in total. The first kappa shape index (κ1) is 36.2. The monoisotopic (exact) mass is 852 g/mol. The Labute approximate surface area is 382 Å². The lowest BCUT2D eigenvalue weighted by atomic mass is 9.89. The van der Waals surface area contributed by atoms with Gasteiger partial charge in [0.2, 0.25) is 11.9 Å². The van der Waals surface area contributed by atoms with Crippen molar-refractivity contribution in [2.45, 2.75) is 0 Å². The molecule has 6 nitrogen and oxygen atoms in total. The number of fused-ring (bicyclic) bond motifs is 20. The third-order valence-electron chi connectivity index (χ3n) is 14.0. The molecule has 4 heterocycles. The Morgan fingerprint density at radius 3 is 1.24 bits per heavy atom. The zero-order chi connectivity index (χ0) is 43.7. The summed E-state index contributed by atoms with van der Waals surface area (Å²) in [5.74, 6) is 1.69. The highest BCUT2D eigenvalue weighted by molar-refractivity contribution is 6.43. The van der Waals surface area contributed by atoms with Crippen LogP contribution in [0.25, 0.3) is 137 Å². The normalized spacial score (nSPS) is 12.2. The molecule has 11 aromatic carbocycles. The number of nitrogens with zero attached hydrogens (tertiary/aromatic N) is 6. The quantitative estimate of drug-likeness (QED) is 0.166. The molecule has 0 unspecified atom stereocenters. The van der Waals surface area contributed by atoms with Gasteiger partial charge in [-0.1, -0.05) is 188 Å². The minimum absolute atomic E-state index is 0.542. The molecule has 67 heavy (non-hydrogen) atoms. The summed E-state index contributed by atoms with van der Waals surface area (Å²) in [4.78, 5) is 16.4. The van der Waals surface area contributed by atoms with Crippen LogP contribution in [0.2, 0.25) is 0 Å². The minimum atomic E-state index is 0.542. The molecule has 0 aliphatic rings.